The molecule has 0 bridgehead atoms. The van der Waals surface area contributed by atoms with E-state index in [2.05, 4.69) is 15.4 Å². The molecule has 2 heterocycles. The maximum atomic E-state index is 13.6. The Morgan fingerprint density at radius 3 is 2.55 bits per heavy atom. The Bertz CT molecular complexity index is 1220. The van der Waals surface area contributed by atoms with Gasteiger partial charge in [0.15, 0.2) is 0 Å². The number of carbonyl (C=O) groups excluding carboxylic acids is 2. The van der Waals surface area contributed by atoms with E-state index in [1.807, 2.05) is 31.2 Å². The van der Waals surface area contributed by atoms with Crippen LogP contribution in [0.3, 0.4) is 0 Å². The van der Waals surface area contributed by atoms with Crippen LogP contribution in [-0.2, 0) is 14.3 Å². The summed E-state index contributed by atoms with van der Waals surface area (Å²) in [6.07, 6.45) is 1.36. The molecule has 1 N–H and O–H groups in total. The number of rotatable bonds is 6. The van der Waals surface area contributed by atoms with Crippen molar-refractivity contribution < 1.29 is 18.7 Å². The molecular formula is C24H24FN5O3. The maximum absolute atomic E-state index is 13.6. The van der Waals surface area contributed by atoms with E-state index in [1.54, 1.807) is 35.6 Å². The number of fused-ring (bicyclic) bond motifs is 1. The van der Waals surface area contributed by atoms with Crippen LogP contribution in [0, 0.1) is 12.7 Å². The average Bonchev–Trinajstić information content (AvgIpc) is 3.27. The van der Waals surface area contributed by atoms with Gasteiger partial charge in [-0.05, 0) is 50.1 Å². The molecule has 1 aliphatic rings. The van der Waals surface area contributed by atoms with Crippen molar-refractivity contribution in [2.45, 2.75) is 26.8 Å². The number of halogens is 1. The van der Waals surface area contributed by atoms with Crippen LogP contribution >= 0.6 is 0 Å². The Kier molecular flexibility index (Phi) is 6.21. The Balaban J connectivity index is 1.74. The number of nitrogens with zero attached hydrogens (tertiary/aromatic N) is 4. The fourth-order valence-electron chi connectivity index (χ4n) is 3.89. The molecule has 1 aromatic heterocycles. The quantitative estimate of drug-likeness (QED) is 0.579. The summed E-state index contributed by atoms with van der Waals surface area (Å²) in [7, 11) is 0. The van der Waals surface area contributed by atoms with Gasteiger partial charge in [-0.25, -0.2) is 13.9 Å². The van der Waals surface area contributed by atoms with Gasteiger partial charge in [0.05, 0.1) is 12.2 Å². The monoisotopic (exact) mass is 449 g/mol. The Morgan fingerprint density at radius 2 is 1.85 bits per heavy atom. The van der Waals surface area contributed by atoms with Crippen molar-refractivity contribution in [3.8, 4) is 0 Å². The molecule has 0 saturated heterocycles. The molecule has 4 rings (SSSR count). The normalized spacial score (nSPS) is 15.3. The molecule has 33 heavy (non-hydrogen) atoms. The van der Waals surface area contributed by atoms with E-state index in [-0.39, 0.29) is 24.9 Å². The number of hydrogen-bond acceptors (Lipinski definition) is 6. The molecule has 3 aromatic rings. The Hall–Kier alpha value is -4.01. The first kappa shape index (κ1) is 22.2. The molecule has 8 nitrogen and oxygen atoms in total. The van der Waals surface area contributed by atoms with Crippen LogP contribution in [-0.4, -0.2) is 39.8 Å². The first-order valence-corrected chi connectivity index (χ1v) is 10.6. The molecule has 170 valence electrons. The smallest absolute Gasteiger partial charge is 0.338 e. The average molecular weight is 449 g/mol. The lowest BCUT2D eigenvalue weighted by Gasteiger charge is -2.35. The van der Waals surface area contributed by atoms with Gasteiger partial charge in [-0.1, -0.05) is 30.3 Å². The van der Waals surface area contributed by atoms with E-state index >= 15 is 0 Å². The number of nitrogens with one attached hydrogen (secondary N) is 1. The van der Waals surface area contributed by atoms with Crippen LogP contribution in [0.1, 0.15) is 31.0 Å². The number of benzene rings is 2. The number of aromatic nitrogens is 3. The third-order valence-corrected chi connectivity index (χ3v) is 5.51. The third-order valence-electron chi connectivity index (χ3n) is 5.51. The summed E-state index contributed by atoms with van der Waals surface area (Å²) in [5, 5.41) is 7.22. The van der Waals surface area contributed by atoms with Gasteiger partial charge in [0, 0.05) is 11.4 Å². The van der Waals surface area contributed by atoms with Gasteiger partial charge in [-0.3, -0.25) is 4.79 Å². The summed E-state index contributed by atoms with van der Waals surface area (Å²) in [6, 6.07) is 12.6. The number of carbonyl (C=O) groups is 2. The van der Waals surface area contributed by atoms with Crippen LogP contribution in [0.5, 0.6) is 0 Å². The van der Waals surface area contributed by atoms with Crippen LogP contribution in [0.4, 0.5) is 16.0 Å². The van der Waals surface area contributed by atoms with E-state index < -0.39 is 12.0 Å². The predicted molar refractivity (Wildman–Crippen MR) is 121 cm³/mol. The Labute approximate surface area is 190 Å². The molecule has 1 unspecified atom stereocenters. The van der Waals surface area contributed by atoms with Gasteiger partial charge >= 0.3 is 5.97 Å². The zero-order valence-corrected chi connectivity index (χ0v) is 18.6. The number of hydrogen-bond donors (Lipinski definition) is 1. The van der Waals surface area contributed by atoms with Gasteiger partial charge in [-0.15, -0.1) is 0 Å². The summed E-state index contributed by atoms with van der Waals surface area (Å²) < 4.78 is 20.4. The molecule has 1 amide bonds. The van der Waals surface area contributed by atoms with Gasteiger partial charge in [-0.2, -0.15) is 10.1 Å². The van der Waals surface area contributed by atoms with Crippen LogP contribution in [0.15, 0.2) is 66.1 Å². The lowest BCUT2D eigenvalue weighted by molar-refractivity contribution is -0.139. The van der Waals surface area contributed by atoms with Crippen molar-refractivity contribution in [3.63, 3.8) is 0 Å². The maximum Gasteiger partial charge on any atom is 0.338 e. The number of anilines is 2. The lowest BCUT2D eigenvalue weighted by Crippen LogP contribution is -2.41. The van der Waals surface area contributed by atoms with Crippen molar-refractivity contribution in [2.75, 3.05) is 23.4 Å². The van der Waals surface area contributed by atoms with Crippen LogP contribution in [0.2, 0.25) is 0 Å². The summed E-state index contributed by atoms with van der Waals surface area (Å²) in [5.74, 6) is -0.799. The standard InChI is InChI=1S/C24H24FN5O3/c1-4-33-23(32)21-16(3)29(13-20(31)28-19-8-6-5-7-15(19)2)24-26-14-27-30(24)22(21)17-9-11-18(25)12-10-17/h5-12,14,22H,4,13H2,1-3H3,(H,28,31). The van der Waals surface area contributed by atoms with Crippen molar-refractivity contribution in [1.29, 1.82) is 0 Å². The fraction of sp³-hybridized carbons (Fsp3) is 0.250. The number of amides is 1. The predicted octanol–water partition coefficient (Wildman–Crippen LogP) is 3.61. The van der Waals surface area contributed by atoms with E-state index in [1.165, 1.54) is 18.5 Å². The van der Waals surface area contributed by atoms with Gasteiger partial charge in [0.25, 0.3) is 0 Å². The zero-order valence-electron chi connectivity index (χ0n) is 18.6. The van der Waals surface area contributed by atoms with Crippen molar-refractivity contribution in [1.82, 2.24) is 14.8 Å². The molecule has 0 fully saturated rings. The highest BCUT2D eigenvalue weighted by Crippen LogP contribution is 2.38. The van der Waals surface area contributed by atoms with E-state index in [0.29, 0.717) is 28.5 Å². The number of esters is 1. The summed E-state index contributed by atoms with van der Waals surface area (Å²) >= 11 is 0. The number of allylic oxidation sites excluding steroid dienone is 1. The van der Waals surface area contributed by atoms with Gasteiger partial charge in [0.2, 0.25) is 11.9 Å². The second kappa shape index (κ2) is 9.23. The minimum atomic E-state index is -0.669. The summed E-state index contributed by atoms with van der Waals surface area (Å²) in [6.45, 7) is 5.46. The van der Waals surface area contributed by atoms with E-state index in [0.717, 1.165) is 5.56 Å². The van der Waals surface area contributed by atoms with Crippen LogP contribution < -0.4 is 10.2 Å². The second-order valence-corrected chi connectivity index (χ2v) is 7.63. The zero-order chi connectivity index (χ0) is 23.5. The highest BCUT2D eigenvalue weighted by Gasteiger charge is 2.38. The summed E-state index contributed by atoms with van der Waals surface area (Å²) in [4.78, 5) is 31.9. The number of para-hydroxylation sites is 1. The molecule has 0 aliphatic carbocycles. The molecule has 0 radical (unpaired) electrons. The molecular weight excluding hydrogens is 425 g/mol. The fourth-order valence-corrected chi connectivity index (χ4v) is 3.89. The van der Waals surface area contributed by atoms with Gasteiger partial charge in [0.1, 0.15) is 24.7 Å². The van der Waals surface area contributed by atoms with Crippen molar-refractivity contribution in [3.05, 3.63) is 83.1 Å². The van der Waals surface area contributed by atoms with E-state index in [4.69, 9.17) is 4.74 Å². The lowest BCUT2D eigenvalue weighted by atomic mass is 9.95. The Morgan fingerprint density at radius 1 is 1.12 bits per heavy atom. The molecule has 2 aromatic carbocycles. The molecule has 9 heteroatoms. The minimum Gasteiger partial charge on any atom is -0.463 e. The largest absolute Gasteiger partial charge is 0.463 e. The SMILES string of the molecule is CCOC(=O)C1=C(C)N(CC(=O)Nc2ccccc2C)c2ncnn2C1c1ccc(F)cc1. The number of ether oxygens (including phenoxy) is 1. The van der Waals surface area contributed by atoms with Gasteiger partial charge < -0.3 is 15.0 Å². The molecule has 0 spiro atoms. The third kappa shape index (κ3) is 4.34. The number of aryl methyl sites for hydroxylation is 1. The topological polar surface area (TPSA) is 89.3 Å². The molecule has 1 aliphatic heterocycles. The highest BCUT2D eigenvalue weighted by atomic mass is 19.1. The first-order valence-electron chi connectivity index (χ1n) is 10.6. The molecule has 1 atom stereocenters. The van der Waals surface area contributed by atoms with Crippen LogP contribution in [0.25, 0.3) is 0 Å². The van der Waals surface area contributed by atoms with E-state index in [9.17, 15) is 14.0 Å². The van der Waals surface area contributed by atoms with Crippen molar-refractivity contribution in [2.24, 2.45) is 0 Å². The molecule has 0 saturated carbocycles. The summed E-state index contributed by atoms with van der Waals surface area (Å²) in [5.41, 5.74) is 3.11. The van der Waals surface area contributed by atoms with Crippen molar-refractivity contribution >= 4 is 23.5 Å². The minimum absolute atomic E-state index is 0.0854. The first-order chi connectivity index (χ1) is 15.9. The second-order valence-electron chi connectivity index (χ2n) is 7.63. The highest BCUT2D eigenvalue weighted by molar-refractivity contribution is 5.97.